The van der Waals surface area contributed by atoms with Gasteiger partial charge in [-0.15, -0.1) is 0 Å². The Hall–Kier alpha value is -2.09. The summed E-state index contributed by atoms with van der Waals surface area (Å²) in [5, 5.41) is 0.196. The summed E-state index contributed by atoms with van der Waals surface area (Å²) in [4.78, 5) is 14.4. The van der Waals surface area contributed by atoms with Gasteiger partial charge in [-0.05, 0) is 43.7 Å². The summed E-state index contributed by atoms with van der Waals surface area (Å²) in [5.41, 5.74) is 1.05. The highest BCUT2D eigenvalue weighted by Gasteiger charge is 2.32. The molecule has 1 saturated heterocycles. The van der Waals surface area contributed by atoms with Crippen molar-refractivity contribution in [2.75, 3.05) is 26.2 Å². The lowest BCUT2D eigenvalue weighted by atomic mass is 10.2. The fraction of sp³-hybridized carbons (Fsp3) is 0.350. The zero-order valence-electron chi connectivity index (χ0n) is 15.8. The fourth-order valence-corrected chi connectivity index (χ4v) is 5.06. The van der Waals surface area contributed by atoms with Gasteiger partial charge >= 0.3 is 0 Å². The molecule has 0 spiro atoms. The molecule has 1 aliphatic rings. The van der Waals surface area contributed by atoms with E-state index in [1.54, 1.807) is 30.0 Å². The quantitative estimate of drug-likeness (QED) is 0.743. The standard InChI is InChI=1S/C20H23ClN2O4S/c1-15-6-5-7-17(14-15)27-16(2)20(24)22-10-12-23(13-11-22)28(25,26)19-9-4-3-8-18(19)21/h3-9,14,16H,10-13H2,1-2H3/t16-/m1/s1. The van der Waals surface area contributed by atoms with E-state index in [0.29, 0.717) is 18.8 Å². The molecule has 0 bridgehead atoms. The van der Waals surface area contributed by atoms with Crippen LogP contribution in [0.15, 0.2) is 53.4 Å². The van der Waals surface area contributed by atoms with Crippen LogP contribution in [0, 0.1) is 6.92 Å². The lowest BCUT2D eigenvalue weighted by molar-refractivity contribution is -0.139. The van der Waals surface area contributed by atoms with E-state index in [9.17, 15) is 13.2 Å². The van der Waals surface area contributed by atoms with Gasteiger partial charge in [0.2, 0.25) is 10.0 Å². The molecule has 0 saturated carbocycles. The van der Waals surface area contributed by atoms with E-state index in [2.05, 4.69) is 0 Å². The molecule has 3 rings (SSSR count). The maximum Gasteiger partial charge on any atom is 0.263 e. The first-order valence-corrected chi connectivity index (χ1v) is 10.9. The van der Waals surface area contributed by atoms with E-state index in [-0.39, 0.29) is 28.9 Å². The first-order valence-electron chi connectivity index (χ1n) is 9.06. The molecule has 8 heteroatoms. The third-order valence-corrected chi connectivity index (χ3v) is 7.05. The number of sulfonamides is 1. The highest BCUT2D eigenvalue weighted by Crippen LogP contribution is 2.25. The monoisotopic (exact) mass is 422 g/mol. The predicted octanol–water partition coefficient (Wildman–Crippen LogP) is 2.95. The Morgan fingerprint density at radius 2 is 1.75 bits per heavy atom. The number of hydrogen-bond acceptors (Lipinski definition) is 4. The maximum atomic E-state index is 12.8. The summed E-state index contributed by atoms with van der Waals surface area (Å²) in [6.07, 6.45) is -0.645. The van der Waals surface area contributed by atoms with Crippen molar-refractivity contribution in [1.82, 2.24) is 9.21 Å². The molecule has 0 unspecified atom stereocenters. The molecule has 1 fully saturated rings. The van der Waals surface area contributed by atoms with Crippen molar-refractivity contribution in [1.29, 1.82) is 0 Å². The third kappa shape index (κ3) is 4.48. The molecule has 2 aromatic carbocycles. The van der Waals surface area contributed by atoms with Crippen LogP contribution in [-0.4, -0.2) is 55.8 Å². The molecule has 0 radical (unpaired) electrons. The molecule has 2 aromatic rings. The van der Waals surface area contributed by atoms with Crippen LogP contribution in [0.5, 0.6) is 5.75 Å². The number of halogens is 1. The summed E-state index contributed by atoms with van der Waals surface area (Å²) in [6.45, 7) is 4.72. The Bertz CT molecular complexity index is 956. The van der Waals surface area contributed by atoms with Crippen molar-refractivity contribution in [2.45, 2.75) is 24.8 Å². The smallest absolute Gasteiger partial charge is 0.263 e. The second kappa shape index (κ2) is 8.51. The minimum absolute atomic E-state index is 0.0904. The minimum Gasteiger partial charge on any atom is -0.481 e. The molecule has 1 atom stereocenters. The molecule has 0 N–H and O–H groups in total. The number of aryl methyl sites for hydroxylation is 1. The van der Waals surface area contributed by atoms with Gasteiger partial charge in [0.25, 0.3) is 5.91 Å². The van der Waals surface area contributed by atoms with Crippen LogP contribution in [0.1, 0.15) is 12.5 Å². The summed E-state index contributed by atoms with van der Waals surface area (Å²) < 4.78 is 32.7. The van der Waals surface area contributed by atoms with E-state index >= 15 is 0 Å². The number of piperazine rings is 1. The number of benzene rings is 2. The van der Waals surface area contributed by atoms with Crippen molar-refractivity contribution in [3.8, 4) is 5.75 Å². The van der Waals surface area contributed by atoms with Gasteiger partial charge in [-0.25, -0.2) is 8.42 Å². The Morgan fingerprint density at radius 3 is 2.39 bits per heavy atom. The average molecular weight is 423 g/mol. The van der Waals surface area contributed by atoms with Crippen LogP contribution in [0.25, 0.3) is 0 Å². The molecule has 150 valence electrons. The van der Waals surface area contributed by atoms with E-state index in [1.165, 1.54) is 10.4 Å². The first-order chi connectivity index (χ1) is 13.3. The van der Waals surface area contributed by atoms with E-state index in [1.807, 2.05) is 31.2 Å². The molecule has 28 heavy (non-hydrogen) atoms. The van der Waals surface area contributed by atoms with Gasteiger partial charge in [-0.3, -0.25) is 4.79 Å². The summed E-state index contributed by atoms with van der Waals surface area (Å²) in [6, 6.07) is 13.9. The van der Waals surface area contributed by atoms with Gasteiger partial charge in [0.15, 0.2) is 6.10 Å². The number of amides is 1. The van der Waals surface area contributed by atoms with Gasteiger partial charge in [-0.1, -0.05) is 35.9 Å². The van der Waals surface area contributed by atoms with Gasteiger partial charge in [0.1, 0.15) is 10.6 Å². The number of carbonyl (C=O) groups is 1. The van der Waals surface area contributed by atoms with Crippen LogP contribution in [0.4, 0.5) is 0 Å². The van der Waals surface area contributed by atoms with Crippen LogP contribution >= 0.6 is 11.6 Å². The first kappa shape index (κ1) is 20.6. The van der Waals surface area contributed by atoms with Crippen molar-refractivity contribution in [2.24, 2.45) is 0 Å². The van der Waals surface area contributed by atoms with E-state index < -0.39 is 16.1 Å². The van der Waals surface area contributed by atoms with Crippen LogP contribution < -0.4 is 4.74 Å². The number of ether oxygens (including phenoxy) is 1. The van der Waals surface area contributed by atoms with Crippen molar-refractivity contribution in [3.63, 3.8) is 0 Å². The number of carbonyl (C=O) groups excluding carboxylic acids is 1. The molecule has 0 aromatic heterocycles. The van der Waals surface area contributed by atoms with Gasteiger partial charge < -0.3 is 9.64 Å². The van der Waals surface area contributed by atoms with Crippen molar-refractivity contribution in [3.05, 3.63) is 59.1 Å². The normalized spacial score (nSPS) is 16.6. The lowest BCUT2D eigenvalue weighted by Crippen LogP contribution is -2.53. The fourth-order valence-electron chi connectivity index (χ4n) is 3.14. The second-order valence-electron chi connectivity index (χ2n) is 6.74. The summed E-state index contributed by atoms with van der Waals surface area (Å²) >= 11 is 6.05. The lowest BCUT2D eigenvalue weighted by Gasteiger charge is -2.35. The highest BCUT2D eigenvalue weighted by molar-refractivity contribution is 7.89. The van der Waals surface area contributed by atoms with Crippen LogP contribution in [0.3, 0.4) is 0 Å². The zero-order chi connectivity index (χ0) is 20.3. The molecule has 6 nitrogen and oxygen atoms in total. The predicted molar refractivity (Wildman–Crippen MR) is 108 cm³/mol. The molecule has 1 aliphatic heterocycles. The Kier molecular flexibility index (Phi) is 6.27. The summed E-state index contributed by atoms with van der Waals surface area (Å²) in [7, 11) is -3.68. The third-order valence-electron chi connectivity index (χ3n) is 4.65. The molecular formula is C20H23ClN2O4S. The van der Waals surface area contributed by atoms with Crippen molar-refractivity contribution < 1.29 is 17.9 Å². The number of nitrogens with zero attached hydrogens (tertiary/aromatic N) is 2. The maximum absolute atomic E-state index is 12.8. The van der Waals surface area contributed by atoms with Gasteiger partial charge in [-0.2, -0.15) is 4.31 Å². The van der Waals surface area contributed by atoms with Gasteiger partial charge in [0.05, 0.1) is 5.02 Å². The highest BCUT2D eigenvalue weighted by atomic mass is 35.5. The Labute approximate surface area is 170 Å². The van der Waals surface area contributed by atoms with Gasteiger partial charge in [0, 0.05) is 26.2 Å². The molecular weight excluding hydrogens is 400 g/mol. The van der Waals surface area contributed by atoms with Crippen molar-refractivity contribution >= 4 is 27.5 Å². The topological polar surface area (TPSA) is 66.9 Å². The molecule has 1 amide bonds. The molecule has 1 heterocycles. The second-order valence-corrected chi connectivity index (χ2v) is 9.05. The Morgan fingerprint density at radius 1 is 1.07 bits per heavy atom. The van der Waals surface area contributed by atoms with Crippen LogP contribution in [0.2, 0.25) is 5.02 Å². The SMILES string of the molecule is Cc1cccc(O[C@H](C)C(=O)N2CCN(S(=O)(=O)c3ccccc3Cl)CC2)c1. The minimum atomic E-state index is -3.68. The number of rotatable bonds is 5. The molecule has 0 aliphatic carbocycles. The Balaban J connectivity index is 1.61. The summed E-state index contributed by atoms with van der Waals surface area (Å²) in [5.74, 6) is 0.483. The van der Waals surface area contributed by atoms with E-state index in [0.717, 1.165) is 5.56 Å². The zero-order valence-corrected chi connectivity index (χ0v) is 17.4. The average Bonchev–Trinajstić information content (AvgIpc) is 2.67. The number of hydrogen-bond donors (Lipinski definition) is 0. The van der Waals surface area contributed by atoms with E-state index in [4.69, 9.17) is 16.3 Å². The van der Waals surface area contributed by atoms with Crippen LogP contribution in [-0.2, 0) is 14.8 Å². The largest absolute Gasteiger partial charge is 0.481 e.